The van der Waals surface area contributed by atoms with E-state index in [1.165, 1.54) is 12.1 Å². The molecule has 1 saturated heterocycles. The second-order valence-electron chi connectivity index (χ2n) is 5.37. The molecule has 0 saturated carbocycles. The fraction of sp³-hybridized carbons (Fsp3) is 0.500. The molecule has 9 nitrogen and oxygen atoms in total. The fourth-order valence-corrected chi connectivity index (χ4v) is 3.01. The molecule has 0 bridgehead atoms. The van der Waals surface area contributed by atoms with Gasteiger partial charge in [-0.3, -0.25) is 8.98 Å². The lowest BCUT2D eigenvalue weighted by atomic mass is 9.97. The first kappa shape index (κ1) is 18.8. The van der Waals surface area contributed by atoms with E-state index in [0.29, 0.717) is 0 Å². The molecule has 4 N–H and O–H groups in total. The number of aliphatic hydroxyl groups is 3. The molecule has 1 heterocycles. The summed E-state index contributed by atoms with van der Waals surface area (Å²) in [7, 11) is -4.00. The van der Waals surface area contributed by atoms with Gasteiger partial charge in [0.2, 0.25) is 0 Å². The van der Waals surface area contributed by atoms with Crippen LogP contribution in [0.1, 0.15) is 10.4 Å². The predicted molar refractivity (Wildman–Crippen MR) is 81.4 cm³/mol. The zero-order valence-corrected chi connectivity index (χ0v) is 13.6. The van der Waals surface area contributed by atoms with Crippen molar-refractivity contribution in [3.05, 3.63) is 35.9 Å². The molecule has 2 rings (SSSR count). The van der Waals surface area contributed by atoms with E-state index in [-0.39, 0.29) is 5.56 Å². The van der Waals surface area contributed by atoms with Crippen molar-refractivity contribution in [1.82, 2.24) is 5.32 Å². The third-order valence-corrected chi connectivity index (χ3v) is 4.06. The van der Waals surface area contributed by atoms with E-state index in [1.807, 2.05) is 0 Å². The van der Waals surface area contributed by atoms with Crippen molar-refractivity contribution in [1.29, 1.82) is 0 Å². The van der Waals surface area contributed by atoms with E-state index in [1.54, 1.807) is 18.2 Å². The molecule has 24 heavy (non-hydrogen) atoms. The molecule has 0 unspecified atom stereocenters. The third kappa shape index (κ3) is 4.50. The Morgan fingerprint density at radius 2 is 1.92 bits per heavy atom. The lowest BCUT2D eigenvalue weighted by Gasteiger charge is -2.41. The highest BCUT2D eigenvalue weighted by Gasteiger charge is 2.47. The van der Waals surface area contributed by atoms with Gasteiger partial charge in [0.1, 0.15) is 24.4 Å². The molecule has 1 aromatic carbocycles. The molecule has 0 aromatic heterocycles. The van der Waals surface area contributed by atoms with Crippen LogP contribution in [0.4, 0.5) is 0 Å². The van der Waals surface area contributed by atoms with Gasteiger partial charge in [0.25, 0.3) is 16.0 Å². The van der Waals surface area contributed by atoms with Crippen LogP contribution in [-0.4, -0.2) is 73.2 Å². The van der Waals surface area contributed by atoms with Gasteiger partial charge in [-0.05, 0) is 12.1 Å². The highest BCUT2D eigenvalue weighted by atomic mass is 32.2. The Bertz CT molecular complexity index is 665. The number of nitrogens with one attached hydrogen (secondary N) is 1. The van der Waals surface area contributed by atoms with Gasteiger partial charge in [-0.2, -0.15) is 8.42 Å². The van der Waals surface area contributed by atoms with Crippen molar-refractivity contribution in [2.24, 2.45) is 0 Å². The maximum atomic E-state index is 12.2. The topological polar surface area (TPSA) is 142 Å². The van der Waals surface area contributed by atoms with E-state index in [2.05, 4.69) is 5.32 Å². The van der Waals surface area contributed by atoms with Crippen LogP contribution in [0.5, 0.6) is 0 Å². The summed E-state index contributed by atoms with van der Waals surface area (Å²) in [5.74, 6) is -0.611. The molecule has 1 amide bonds. The molecule has 1 aromatic rings. The molecule has 0 radical (unpaired) electrons. The van der Waals surface area contributed by atoms with Crippen LogP contribution in [-0.2, 0) is 19.0 Å². The minimum Gasteiger partial charge on any atom is -0.394 e. The lowest BCUT2D eigenvalue weighted by molar-refractivity contribution is -0.247. The van der Waals surface area contributed by atoms with Gasteiger partial charge in [0.05, 0.1) is 12.9 Å². The Balaban J connectivity index is 2.24. The third-order valence-electron chi connectivity index (χ3n) is 3.49. The van der Waals surface area contributed by atoms with Gasteiger partial charge in [-0.15, -0.1) is 0 Å². The number of benzene rings is 1. The summed E-state index contributed by atoms with van der Waals surface area (Å²) in [6.45, 7) is -0.665. The molecule has 134 valence electrons. The highest BCUT2D eigenvalue weighted by molar-refractivity contribution is 7.86. The summed E-state index contributed by atoms with van der Waals surface area (Å²) in [5.41, 5.74) is 0.265. The van der Waals surface area contributed by atoms with Crippen LogP contribution in [0.15, 0.2) is 30.3 Å². The summed E-state index contributed by atoms with van der Waals surface area (Å²) in [6.07, 6.45) is -5.25. The Kier molecular flexibility index (Phi) is 5.91. The van der Waals surface area contributed by atoms with Crippen LogP contribution < -0.4 is 5.32 Å². The first-order valence-corrected chi connectivity index (χ1v) is 8.91. The zero-order valence-electron chi connectivity index (χ0n) is 12.8. The number of amides is 1. The molecular weight excluding hydrogens is 342 g/mol. The average molecular weight is 361 g/mol. The predicted octanol–water partition coefficient (Wildman–Crippen LogP) is -1.80. The molecule has 1 aliphatic heterocycles. The Hall–Kier alpha value is -1.56. The van der Waals surface area contributed by atoms with Crippen molar-refractivity contribution in [2.75, 3.05) is 12.9 Å². The van der Waals surface area contributed by atoms with Gasteiger partial charge >= 0.3 is 0 Å². The number of carbonyl (C=O) groups is 1. The lowest BCUT2D eigenvalue weighted by Crippen LogP contribution is -2.65. The Morgan fingerprint density at radius 3 is 2.46 bits per heavy atom. The SMILES string of the molecule is CS(=O)(=O)O[C@@H]1[C@H](O)[C@@H](CO)O[C@@H](O)[C@@H]1NC(=O)c1ccccc1. The van der Waals surface area contributed by atoms with Gasteiger partial charge in [-0.25, -0.2) is 0 Å². The van der Waals surface area contributed by atoms with Crippen molar-refractivity contribution >= 4 is 16.0 Å². The summed E-state index contributed by atoms with van der Waals surface area (Å²) < 4.78 is 32.6. The number of carbonyl (C=O) groups excluding carboxylic acids is 1. The van der Waals surface area contributed by atoms with Crippen molar-refractivity contribution in [2.45, 2.75) is 30.6 Å². The largest absolute Gasteiger partial charge is 0.394 e. The quantitative estimate of drug-likeness (QED) is 0.450. The van der Waals surface area contributed by atoms with Crippen LogP contribution in [0.25, 0.3) is 0 Å². The van der Waals surface area contributed by atoms with Crippen LogP contribution in [0, 0.1) is 0 Å². The summed E-state index contributed by atoms with van der Waals surface area (Å²) in [6, 6.07) is 6.65. The summed E-state index contributed by atoms with van der Waals surface area (Å²) in [5, 5.41) is 31.7. The van der Waals surface area contributed by atoms with Crippen LogP contribution in [0.3, 0.4) is 0 Å². The molecule has 1 aliphatic rings. The average Bonchev–Trinajstić information content (AvgIpc) is 2.53. The number of ether oxygens (including phenoxy) is 1. The van der Waals surface area contributed by atoms with Gasteiger partial charge in [-0.1, -0.05) is 18.2 Å². The molecule has 5 atom stereocenters. The fourth-order valence-electron chi connectivity index (χ4n) is 2.38. The van der Waals surface area contributed by atoms with Gasteiger partial charge in [0, 0.05) is 5.56 Å². The molecule has 0 spiro atoms. The number of hydrogen-bond donors (Lipinski definition) is 4. The smallest absolute Gasteiger partial charge is 0.264 e. The van der Waals surface area contributed by atoms with Crippen molar-refractivity contribution in [3.8, 4) is 0 Å². The van der Waals surface area contributed by atoms with Crippen molar-refractivity contribution in [3.63, 3.8) is 0 Å². The minimum absolute atomic E-state index is 0.265. The van der Waals surface area contributed by atoms with E-state index >= 15 is 0 Å². The standard InChI is InChI=1S/C14H19NO8S/c1-24(20,21)23-12-10(14(19)22-9(7-16)11(12)17)15-13(18)8-5-3-2-4-6-8/h2-6,9-12,14,16-17,19H,7H2,1H3,(H,15,18)/t9-,10-,11-,12+,14-/m1/s1. The van der Waals surface area contributed by atoms with Gasteiger partial charge in [0.15, 0.2) is 6.29 Å². The van der Waals surface area contributed by atoms with E-state index < -0.39 is 53.3 Å². The number of hydrogen-bond acceptors (Lipinski definition) is 8. The molecular formula is C14H19NO8S. The van der Waals surface area contributed by atoms with Crippen molar-refractivity contribution < 1.29 is 37.5 Å². The van der Waals surface area contributed by atoms with Gasteiger partial charge < -0.3 is 25.4 Å². The zero-order chi connectivity index (χ0) is 17.9. The maximum Gasteiger partial charge on any atom is 0.264 e. The second kappa shape index (κ2) is 7.55. The Morgan fingerprint density at radius 1 is 1.29 bits per heavy atom. The van der Waals surface area contributed by atoms with Crippen LogP contribution in [0.2, 0.25) is 0 Å². The molecule has 0 aliphatic carbocycles. The first-order valence-electron chi connectivity index (χ1n) is 7.09. The maximum absolute atomic E-state index is 12.2. The second-order valence-corrected chi connectivity index (χ2v) is 6.97. The minimum atomic E-state index is -4.00. The van der Waals surface area contributed by atoms with E-state index in [0.717, 1.165) is 6.26 Å². The molecule has 10 heteroatoms. The van der Waals surface area contributed by atoms with E-state index in [4.69, 9.17) is 14.0 Å². The highest BCUT2D eigenvalue weighted by Crippen LogP contribution is 2.24. The monoisotopic (exact) mass is 361 g/mol. The molecule has 1 fully saturated rings. The Labute approximate surface area is 139 Å². The normalized spacial score (nSPS) is 30.8. The number of aliphatic hydroxyl groups excluding tert-OH is 3. The summed E-state index contributed by atoms with van der Waals surface area (Å²) >= 11 is 0. The summed E-state index contributed by atoms with van der Waals surface area (Å²) in [4.78, 5) is 12.2. The van der Waals surface area contributed by atoms with Crippen LogP contribution >= 0.6 is 0 Å². The first-order chi connectivity index (χ1) is 11.2. The number of rotatable bonds is 5. The van der Waals surface area contributed by atoms with E-state index in [9.17, 15) is 23.4 Å².